The second kappa shape index (κ2) is 6.00. The lowest BCUT2D eigenvalue weighted by Gasteiger charge is -2.35. The molecule has 0 amide bonds. The summed E-state index contributed by atoms with van der Waals surface area (Å²) in [6.07, 6.45) is 0.125. The maximum atomic E-state index is 2.56. The van der Waals surface area contributed by atoms with E-state index in [0.29, 0.717) is 0 Å². The first-order valence-electron chi connectivity index (χ1n) is 10.0. The van der Waals surface area contributed by atoms with Crippen LogP contribution in [0.25, 0.3) is 0 Å². The van der Waals surface area contributed by atoms with Gasteiger partial charge in [-0.3, -0.25) is 0 Å². The fraction of sp³-hybridized carbons (Fsp3) is 0.231. The van der Waals surface area contributed by atoms with Crippen molar-refractivity contribution in [3.05, 3.63) is 107 Å². The number of nitrogens with zero attached hydrogens (tertiary/aromatic N) is 2. The summed E-state index contributed by atoms with van der Waals surface area (Å²) in [5.41, 5.74) is 9.36. The highest BCUT2D eigenvalue weighted by Crippen LogP contribution is 2.58. The molecule has 2 nitrogen and oxygen atoms in total. The summed E-state index contributed by atoms with van der Waals surface area (Å²) in [7, 11) is 0. The van der Waals surface area contributed by atoms with Crippen molar-refractivity contribution in [1.82, 2.24) is 0 Å². The van der Waals surface area contributed by atoms with Gasteiger partial charge in [0.25, 0.3) is 0 Å². The number of hydrogen-bond acceptors (Lipinski definition) is 2. The number of hydrogen-bond donors (Lipinski definition) is 0. The molecule has 0 spiro atoms. The van der Waals surface area contributed by atoms with E-state index in [1.165, 1.54) is 39.5 Å². The van der Waals surface area contributed by atoms with Crippen molar-refractivity contribution in [2.75, 3.05) is 9.80 Å². The zero-order valence-electron chi connectivity index (χ0n) is 17.0. The van der Waals surface area contributed by atoms with Crippen LogP contribution in [0.15, 0.2) is 90.3 Å². The van der Waals surface area contributed by atoms with Gasteiger partial charge >= 0.3 is 0 Å². The van der Waals surface area contributed by atoms with Crippen LogP contribution in [0.1, 0.15) is 43.6 Å². The average Bonchev–Trinajstić information content (AvgIpc) is 3.14. The van der Waals surface area contributed by atoms with Crippen LogP contribution in [0, 0.1) is 6.92 Å². The van der Waals surface area contributed by atoms with E-state index in [1.807, 2.05) is 0 Å². The number of rotatable bonds is 2. The van der Waals surface area contributed by atoms with Gasteiger partial charge in [0.15, 0.2) is 0 Å². The lowest BCUT2D eigenvalue weighted by atomic mass is 9.83. The van der Waals surface area contributed by atoms with Crippen LogP contribution < -0.4 is 9.80 Å². The standard InChI is InChI=1S/C26H26N2/c1-18-12-8-10-16-22(18)27-19(2)24-26(3,4)21-15-9-11-17-23(21)28(24)25(27)20-13-6-5-7-14-20/h5-17,25H,1-4H3. The minimum atomic E-state index is -0.0227. The third-order valence-electron chi connectivity index (χ3n) is 6.34. The van der Waals surface area contributed by atoms with E-state index >= 15 is 0 Å². The highest BCUT2D eigenvalue weighted by atomic mass is 15.4. The monoisotopic (exact) mass is 366 g/mol. The molecule has 2 heteroatoms. The molecule has 5 rings (SSSR count). The zero-order valence-corrected chi connectivity index (χ0v) is 17.0. The van der Waals surface area contributed by atoms with Gasteiger partial charge in [-0.2, -0.15) is 0 Å². The van der Waals surface area contributed by atoms with E-state index in [4.69, 9.17) is 0 Å². The topological polar surface area (TPSA) is 6.48 Å². The quantitative estimate of drug-likeness (QED) is 0.508. The highest BCUT2D eigenvalue weighted by molar-refractivity contribution is 5.79. The maximum absolute atomic E-state index is 2.56. The van der Waals surface area contributed by atoms with Crippen LogP contribution in [0.4, 0.5) is 11.4 Å². The Morgan fingerprint density at radius 2 is 1.29 bits per heavy atom. The Labute approximate surface area is 167 Å². The maximum Gasteiger partial charge on any atom is 0.136 e. The molecule has 2 aliphatic rings. The van der Waals surface area contributed by atoms with E-state index in [0.717, 1.165) is 0 Å². The van der Waals surface area contributed by atoms with Crippen molar-refractivity contribution in [1.29, 1.82) is 0 Å². The van der Waals surface area contributed by atoms with Gasteiger partial charge in [0.2, 0.25) is 0 Å². The molecule has 140 valence electrons. The van der Waals surface area contributed by atoms with Crippen molar-refractivity contribution in [2.45, 2.75) is 39.3 Å². The van der Waals surface area contributed by atoms with E-state index in [1.54, 1.807) is 0 Å². The van der Waals surface area contributed by atoms with E-state index in [-0.39, 0.29) is 11.6 Å². The highest BCUT2D eigenvalue weighted by Gasteiger charge is 2.51. The lowest BCUT2D eigenvalue weighted by Crippen LogP contribution is -2.32. The molecule has 1 unspecified atom stereocenters. The molecule has 0 aliphatic carbocycles. The molecule has 0 aromatic heterocycles. The van der Waals surface area contributed by atoms with Gasteiger partial charge in [-0.05, 0) is 42.7 Å². The normalized spacial score (nSPS) is 19.8. The summed E-state index contributed by atoms with van der Waals surface area (Å²) >= 11 is 0. The summed E-state index contributed by atoms with van der Waals surface area (Å²) < 4.78 is 0. The van der Waals surface area contributed by atoms with Crippen LogP contribution in [0.3, 0.4) is 0 Å². The molecule has 3 aromatic carbocycles. The number of benzene rings is 3. The molecule has 3 aromatic rings. The van der Waals surface area contributed by atoms with Gasteiger partial charge in [0.05, 0.1) is 0 Å². The fourth-order valence-corrected chi connectivity index (χ4v) is 5.12. The van der Waals surface area contributed by atoms with Crippen LogP contribution >= 0.6 is 0 Å². The predicted molar refractivity (Wildman–Crippen MR) is 117 cm³/mol. The number of fused-ring (bicyclic) bond motifs is 3. The van der Waals surface area contributed by atoms with E-state index in [2.05, 4.69) is 116 Å². The van der Waals surface area contributed by atoms with Crippen molar-refractivity contribution < 1.29 is 0 Å². The Morgan fingerprint density at radius 3 is 2.00 bits per heavy atom. The molecule has 0 N–H and O–H groups in total. The molecule has 1 atom stereocenters. The molecule has 28 heavy (non-hydrogen) atoms. The number of anilines is 2. The second-order valence-corrected chi connectivity index (χ2v) is 8.39. The first-order chi connectivity index (χ1) is 13.5. The van der Waals surface area contributed by atoms with Gasteiger partial charge in [0.1, 0.15) is 6.17 Å². The Bertz CT molecular complexity index is 1080. The van der Waals surface area contributed by atoms with Crippen LogP contribution in [-0.2, 0) is 5.41 Å². The van der Waals surface area contributed by atoms with Crippen molar-refractivity contribution in [2.24, 2.45) is 0 Å². The minimum Gasteiger partial charge on any atom is -0.318 e. The lowest BCUT2D eigenvalue weighted by molar-refractivity contribution is 0.626. The van der Waals surface area contributed by atoms with Crippen molar-refractivity contribution >= 4 is 11.4 Å². The Morgan fingerprint density at radius 1 is 0.679 bits per heavy atom. The molecule has 2 heterocycles. The molecule has 0 fully saturated rings. The van der Waals surface area contributed by atoms with Gasteiger partial charge in [-0.1, -0.05) is 80.6 Å². The van der Waals surface area contributed by atoms with Crippen LogP contribution in [-0.4, -0.2) is 0 Å². The average molecular weight is 367 g/mol. The molecular formula is C26H26N2. The Hall–Kier alpha value is -3.00. The third kappa shape index (κ3) is 2.21. The smallest absolute Gasteiger partial charge is 0.136 e. The van der Waals surface area contributed by atoms with Crippen LogP contribution in [0.2, 0.25) is 0 Å². The largest absolute Gasteiger partial charge is 0.318 e. The van der Waals surface area contributed by atoms with E-state index in [9.17, 15) is 0 Å². The zero-order chi connectivity index (χ0) is 19.5. The molecule has 2 aliphatic heterocycles. The summed E-state index contributed by atoms with van der Waals surface area (Å²) in [5.74, 6) is 0. The summed E-state index contributed by atoms with van der Waals surface area (Å²) in [6, 6.07) is 28.5. The van der Waals surface area contributed by atoms with E-state index < -0.39 is 0 Å². The number of para-hydroxylation sites is 2. The first kappa shape index (κ1) is 17.1. The van der Waals surface area contributed by atoms with Gasteiger partial charge < -0.3 is 9.80 Å². The Kier molecular flexibility index (Phi) is 3.67. The molecule has 0 saturated heterocycles. The van der Waals surface area contributed by atoms with Gasteiger partial charge in [0, 0.05) is 28.2 Å². The van der Waals surface area contributed by atoms with Gasteiger partial charge in [-0.15, -0.1) is 0 Å². The first-order valence-corrected chi connectivity index (χ1v) is 10.0. The SMILES string of the molecule is CC1=C2N(c3ccccc3C2(C)C)C(c2ccccc2)N1c1ccccc1C. The van der Waals surface area contributed by atoms with Crippen LogP contribution in [0.5, 0.6) is 0 Å². The summed E-state index contributed by atoms with van der Waals surface area (Å²) in [5, 5.41) is 0. The number of aryl methyl sites for hydroxylation is 1. The molecular weight excluding hydrogens is 340 g/mol. The Balaban J connectivity index is 1.80. The molecule has 0 bridgehead atoms. The molecule has 0 saturated carbocycles. The summed E-state index contributed by atoms with van der Waals surface area (Å²) in [4.78, 5) is 5.09. The number of allylic oxidation sites excluding steroid dienone is 2. The minimum absolute atomic E-state index is 0.0227. The van der Waals surface area contributed by atoms with Crippen molar-refractivity contribution in [3.8, 4) is 0 Å². The second-order valence-electron chi connectivity index (χ2n) is 8.39. The fourth-order valence-electron chi connectivity index (χ4n) is 5.12. The summed E-state index contributed by atoms with van der Waals surface area (Å²) in [6.45, 7) is 9.20. The van der Waals surface area contributed by atoms with Crippen molar-refractivity contribution in [3.63, 3.8) is 0 Å². The van der Waals surface area contributed by atoms with Gasteiger partial charge in [-0.25, -0.2) is 0 Å². The predicted octanol–water partition coefficient (Wildman–Crippen LogP) is 6.54. The third-order valence-corrected chi connectivity index (χ3v) is 6.34. The molecule has 0 radical (unpaired) electrons.